The van der Waals surface area contributed by atoms with Crippen LogP contribution in [0.3, 0.4) is 0 Å². The number of carboxylic acids is 1. The topological polar surface area (TPSA) is 78.5 Å². The van der Waals surface area contributed by atoms with Crippen LogP contribution in [-0.4, -0.2) is 59.0 Å². The Kier molecular flexibility index (Phi) is 3.53. The molecule has 2 rings (SSSR count). The highest BCUT2D eigenvalue weighted by molar-refractivity contribution is 5.85. The lowest BCUT2D eigenvalue weighted by Gasteiger charge is -2.26. The lowest BCUT2D eigenvalue weighted by molar-refractivity contribution is 0.0383. The molecule has 0 saturated carbocycles. The van der Waals surface area contributed by atoms with Gasteiger partial charge in [-0.3, -0.25) is 10.00 Å². The number of hydrogen-bond acceptors (Lipinski definition) is 4. The van der Waals surface area contributed by atoms with Gasteiger partial charge in [-0.25, -0.2) is 4.79 Å². The summed E-state index contributed by atoms with van der Waals surface area (Å²) < 4.78 is 5.25. The van der Waals surface area contributed by atoms with Crippen molar-refractivity contribution in [2.24, 2.45) is 0 Å². The molecule has 1 aliphatic rings. The Hall–Kier alpha value is -1.40. The molecule has 1 aromatic rings. The lowest BCUT2D eigenvalue weighted by Crippen LogP contribution is -2.37. The number of rotatable bonds is 4. The van der Waals surface area contributed by atoms with E-state index in [-0.39, 0.29) is 5.69 Å². The molecule has 0 atom stereocenters. The number of hydrogen-bond donors (Lipinski definition) is 2. The Balaban J connectivity index is 1.81. The Morgan fingerprint density at radius 2 is 2.31 bits per heavy atom. The third-order valence-electron chi connectivity index (χ3n) is 2.65. The maximum absolute atomic E-state index is 10.6. The van der Waals surface area contributed by atoms with Crippen molar-refractivity contribution in [3.63, 3.8) is 0 Å². The normalized spacial score (nSPS) is 17.5. The largest absolute Gasteiger partial charge is 0.476 e. The molecule has 1 aromatic heterocycles. The van der Waals surface area contributed by atoms with Crippen LogP contribution in [-0.2, 0) is 11.2 Å². The van der Waals surface area contributed by atoms with Crippen LogP contribution in [0.1, 0.15) is 16.2 Å². The summed E-state index contributed by atoms with van der Waals surface area (Å²) in [6.45, 7) is 4.36. The Morgan fingerprint density at radius 1 is 1.56 bits per heavy atom. The molecule has 0 radical (unpaired) electrons. The monoisotopic (exact) mass is 225 g/mol. The summed E-state index contributed by atoms with van der Waals surface area (Å²) in [6, 6.07) is 1.59. The van der Waals surface area contributed by atoms with Crippen molar-refractivity contribution in [1.29, 1.82) is 0 Å². The maximum Gasteiger partial charge on any atom is 0.356 e. The number of morpholine rings is 1. The standard InChI is InChI=1S/C10H15N3O3/c14-10(15)9-7-8(11-12-9)1-2-13-3-5-16-6-4-13/h7H,1-6H2,(H,11,12)(H,14,15). The predicted molar refractivity (Wildman–Crippen MR) is 56.5 cm³/mol. The summed E-state index contributed by atoms with van der Waals surface area (Å²) in [4.78, 5) is 12.9. The third-order valence-corrected chi connectivity index (χ3v) is 2.65. The Labute approximate surface area is 93.2 Å². The first-order valence-corrected chi connectivity index (χ1v) is 5.33. The fourth-order valence-electron chi connectivity index (χ4n) is 1.70. The molecular formula is C10H15N3O3. The zero-order valence-corrected chi connectivity index (χ0v) is 8.98. The van der Waals surface area contributed by atoms with Gasteiger partial charge >= 0.3 is 5.97 Å². The van der Waals surface area contributed by atoms with Gasteiger partial charge in [-0.2, -0.15) is 5.10 Å². The van der Waals surface area contributed by atoms with Crippen molar-refractivity contribution < 1.29 is 14.6 Å². The first-order valence-electron chi connectivity index (χ1n) is 5.33. The van der Waals surface area contributed by atoms with E-state index in [4.69, 9.17) is 9.84 Å². The van der Waals surface area contributed by atoms with Crippen molar-refractivity contribution in [3.05, 3.63) is 17.5 Å². The van der Waals surface area contributed by atoms with E-state index < -0.39 is 5.97 Å². The molecule has 88 valence electrons. The van der Waals surface area contributed by atoms with Crippen LogP contribution in [0.4, 0.5) is 0 Å². The fraction of sp³-hybridized carbons (Fsp3) is 0.600. The molecule has 1 saturated heterocycles. The molecule has 0 unspecified atom stereocenters. The average Bonchev–Trinajstić information content (AvgIpc) is 2.76. The molecule has 6 heteroatoms. The summed E-state index contributed by atoms with van der Waals surface area (Å²) in [5, 5.41) is 15.2. The van der Waals surface area contributed by atoms with E-state index in [1.807, 2.05) is 0 Å². The van der Waals surface area contributed by atoms with Gasteiger partial charge in [-0.15, -0.1) is 0 Å². The van der Waals surface area contributed by atoms with Gasteiger partial charge in [-0.05, 0) is 6.07 Å². The first-order chi connectivity index (χ1) is 7.75. The van der Waals surface area contributed by atoms with Crippen LogP contribution < -0.4 is 0 Å². The second kappa shape index (κ2) is 5.09. The van der Waals surface area contributed by atoms with E-state index in [2.05, 4.69) is 15.1 Å². The number of H-pyrrole nitrogens is 1. The number of aromatic carboxylic acids is 1. The number of aromatic amines is 1. The van der Waals surface area contributed by atoms with Gasteiger partial charge in [0.15, 0.2) is 5.69 Å². The van der Waals surface area contributed by atoms with Crippen LogP contribution in [0.2, 0.25) is 0 Å². The molecule has 0 amide bonds. The number of carbonyl (C=O) groups is 1. The number of aromatic nitrogens is 2. The molecule has 1 aliphatic heterocycles. The summed E-state index contributed by atoms with van der Waals surface area (Å²) in [5.41, 5.74) is 0.945. The quantitative estimate of drug-likeness (QED) is 0.753. The highest BCUT2D eigenvalue weighted by atomic mass is 16.5. The number of ether oxygens (including phenoxy) is 1. The van der Waals surface area contributed by atoms with Crippen molar-refractivity contribution in [3.8, 4) is 0 Å². The molecule has 1 fully saturated rings. The van der Waals surface area contributed by atoms with Crippen LogP contribution in [0, 0.1) is 0 Å². The smallest absolute Gasteiger partial charge is 0.356 e. The number of nitrogens with zero attached hydrogens (tertiary/aromatic N) is 2. The summed E-state index contributed by atoms with van der Waals surface area (Å²) in [6.07, 6.45) is 0.792. The van der Waals surface area contributed by atoms with Gasteiger partial charge in [0.25, 0.3) is 0 Å². The van der Waals surface area contributed by atoms with Crippen LogP contribution in [0.25, 0.3) is 0 Å². The van der Waals surface area contributed by atoms with Gasteiger partial charge in [0, 0.05) is 31.7 Å². The average molecular weight is 225 g/mol. The molecule has 6 nitrogen and oxygen atoms in total. The zero-order valence-electron chi connectivity index (χ0n) is 8.98. The summed E-state index contributed by atoms with van der Waals surface area (Å²) >= 11 is 0. The van der Waals surface area contributed by atoms with E-state index in [1.165, 1.54) is 0 Å². The molecule has 0 spiro atoms. The van der Waals surface area contributed by atoms with E-state index in [9.17, 15) is 4.79 Å². The molecular weight excluding hydrogens is 210 g/mol. The van der Waals surface area contributed by atoms with E-state index in [0.29, 0.717) is 0 Å². The number of carboxylic acid groups (broad SMARTS) is 1. The highest BCUT2D eigenvalue weighted by Gasteiger charge is 2.12. The fourth-order valence-corrected chi connectivity index (χ4v) is 1.70. The Bertz CT molecular complexity index is 358. The molecule has 0 aliphatic carbocycles. The minimum absolute atomic E-state index is 0.0805. The second-order valence-corrected chi connectivity index (χ2v) is 3.79. The van der Waals surface area contributed by atoms with E-state index >= 15 is 0 Å². The van der Waals surface area contributed by atoms with Crippen molar-refractivity contribution in [2.75, 3.05) is 32.8 Å². The Morgan fingerprint density at radius 3 is 2.94 bits per heavy atom. The van der Waals surface area contributed by atoms with Crippen molar-refractivity contribution >= 4 is 5.97 Å². The second-order valence-electron chi connectivity index (χ2n) is 3.79. The van der Waals surface area contributed by atoms with Gasteiger partial charge in [-0.1, -0.05) is 0 Å². The molecule has 2 N–H and O–H groups in total. The van der Waals surface area contributed by atoms with E-state index in [1.54, 1.807) is 6.07 Å². The first kappa shape index (κ1) is 11.1. The predicted octanol–water partition coefficient (Wildman–Crippen LogP) is -0.0174. The lowest BCUT2D eigenvalue weighted by atomic mass is 10.2. The van der Waals surface area contributed by atoms with Crippen LogP contribution >= 0.6 is 0 Å². The molecule has 2 heterocycles. The van der Waals surface area contributed by atoms with Crippen LogP contribution in [0.15, 0.2) is 6.07 Å². The number of nitrogens with one attached hydrogen (secondary N) is 1. The maximum atomic E-state index is 10.6. The minimum Gasteiger partial charge on any atom is -0.476 e. The van der Waals surface area contributed by atoms with Gasteiger partial charge in [0.1, 0.15) is 0 Å². The van der Waals surface area contributed by atoms with Gasteiger partial charge in [0.05, 0.1) is 13.2 Å². The highest BCUT2D eigenvalue weighted by Crippen LogP contribution is 2.03. The minimum atomic E-state index is -0.992. The van der Waals surface area contributed by atoms with Crippen molar-refractivity contribution in [2.45, 2.75) is 6.42 Å². The SMILES string of the molecule is O=C(O)c1cc(CCN2CCOCC2)[nH]n1. The van der Waals surface area contributed by atoms with Gasteiger partial charge < -0.3 is 9.84 Å². The van der Waals surface area contributed by atoms with Crippen LogP contribution in [0.5, 0.6) is 0 Å². The van der Waals surface area contributed by atoms with Crippen molar-refractivity contribution in [1.82, 2.24) is 15.1 Å². The third kappa shape index (κ3) is 2.80. The molecule has 0 bridgehead atoms. The molecule has 16 heavy (non-hydrogen) atoms. The summed E-state index contributed by atoms with van der Waals surface area (Å²) in [7, 11) is 0. The van der Waals surface area contributed by atoms with E-state index in [0.717, 1.165) is 45.0 Å². The molecule has 0 aromatic carbocycles. The van der Waals surface area contributed by atoms with Gasteiger partial charge in [0.2, 0.25) is 0 Å². The zero-order chi connectivity index (χ0) is 11.4. The summed E-state index contributed by atoms with van der Waals surface area (Å²) in [5.74, 6) is -0.992.